The van der Waals surface area contributed by atoms with E-state index < -0.39 is 11.5 Å². The lowest BCUT2D eigenvalue weighted by Crippen LogP contribution is -2.17. The Morgan fingerprint density at radius 1 is 1.19 bits per heavy atom. The van der Waals surface area contributed by atoms with E-state index in [-0.39, 0.29) is 11.4 Å². The summed E-state index contributed by atoms with van der Waals surface area (Å²) in [6.07, 6.45) is 3.13. The van der Waals surface area contributed by atoms with Crippen LogP contribution in [0.25, 0.3) is 27.9 Å². The molecule has 0 aliphatic carbocycles. The summed E-state index contributed by atoms with van der Waals surface area (Å²) < 4.78 is 15.0. The van der Waals surface area contributed by atoms with E-state index in [9.17, 15) is 9.18 Å². The van der Waals surface area contributed by atoms with Gasteiger partial charge in [-0.2, -0.15) is 4.52 Å². The first-order valence-electron chi connectivity index (χ1n) is 6.22. The van der Waals surface area contributed by atoms with Gasteiger partial charge in [-0.05, 0) is 18.2 Å². The number of fused-ring (bicyclic) bond motifs is 3. The first-order chi connectivity index (χ1) is 10.2. The van der Waals surface area contributed by atoms with Gasteiger partial charge in [-0.25, -0.2) is 14.2 Å². The molecule has 7 heteroatoms. The van der Waals surface area contributed by atoms with Gasteiger partial charge >= 0.3 is 5.69 Å². The molecule has 0 fully saturated rings. The van der Waals surface area contributed by atoms with E-state index in [0.717, 1.165) is 4.52 Å². The summed E-state index contributed by atoms with van der Waals surface area (Å²) in [5, 5.41) is 4.79. The fraction of sp³-hybridized carbons (Fsp3) is 0. The molecule has 0 bridgehead atoms. The molecule has 0 spiro atoms. The minimum Gasteiger partial charge on any atom is -0.304 e. The Morgan fingerprint density at radius 2 is 2.05 bits per heavy atom. The molecule has 0 unspecified atom stereocenters. The third-order valence-electron chi connectivity index (χ3n) is 3.22. The highest BCUT2D eigenvalue weighted by atomic mass is 19.1. The molecule has 0 saturated heterocycles. The maximum Gasteiger partial charge on any atom is 0.348 e. The van der Waals surface area contributed by atoms with Crippen LogP contribution >= 0.6 is 0 Å². The molecule has 1 N–H and O–H groups in total. The van der Waals surface area contributed by atoms with E-state index in [1.807, 2.05) is 0 Å². The molecule has 102 valence electrons. The monoisotopic (exact) mass is 281 g/mol. The zero-order chi connectivity index (χ0) is 14.4. The second kappa shape index (κ2) is 4.20. The average Bonchev–Trinajstić information content (AvgIpc) is 2.94. The number of aromatic nitrogens is 5. The highest BCUT2D eigenvalue weighted by molar-refractivity contribution is 5.90. The highest BCUT2D eigenvalue weighted by Crippen LogP contribution is 2.21. The molecule has 0 radical (unpaired) electrons. The van der Waals surface area contributed by atoms with Crippen LogP contribution in [0.3, 0.4) is 0 Å². The lowest BCUT2D eigenvalue weighted by Gasteiger charge is -1.96. The quantitative estimate of drug-likeness (QED) is 0.577. The molecule has 21 heavy (non-hydrogen) atoms. The summed E-state index contributed by atoms with van der Waals surface area (Å²) in [6.45, 7) is 0. The van der Waals surface area contributed by atoms with Crippen molar-refractivity contribution in [3.63, 3.8) is 0 Å². The molecule has 0 aliphatic heterocycles. The fourth-order valence-electron chi connectivity index (χ4n) is 2.24. The van der Waals surface area contributed by atoms with Crippen LogP contribution in [0.5, 0.6) is 0 Å². The van der Waals surface area contributed by atoms with Crippen molar-refractivity contribution in [1.29, 1.82) is 0 Å². The Labute approximate surface area is 116 Å². The lowest BCUT2D eigenvalue weighted by atomic mass is 10.2. The van der Waals surface area contributed by atoms with E-state index >= 15 is 0 Å². The molecule has 6 nitrogen and oxygen atoms in total. The number of halogens is 1. The number of pyridine rings is 1. The third-order valence-corrected chi connectivity index (χ3v) is 3.22. The first kappa shape index (κ1) is 11.7. The predicted molar refractivity (Wildman–Crippen MR) is 74.3 cm³/mol. The van der Waals surface area contributed by atoms with E-state index in [0.29, 0.717) is 16.6 Å². The van der Waals surface area contributed by atoms with E-state index in [2.05, 4.69) is 20.1 Å². The molecule has 0 saturated carbocycles. The number of benzene rings is 1. The summed E-state index contributed by atoms with van der Waals surface area (Å²) in [6, 6.07) is 7.90. The predicted octanol–water partition coefficient (Wildman–Crippen LogP) is 1.77. The van der Waals surface area contributed by atoms with Gasteiger partial charge in [0.1, 0.15) is 5.82 Å². The van der Waals surface area contributed by atoms with Gasteiger partial charge in [0.2, 0.25) is 0 Å². The summed E-state index contributed by atoms with van der Waals surface area (Å²) in [5.41, 5.74) is 0.736. The van der Waals surface area contributed by atoms with Crippen molar-refractivity contribution in [2.24, 2.45) is 0 Å². The van der Waals surface area contributed by atoms with E-state index in [1.165, 1.54) is 12.3 Å². The minimum absolute atomic E-state index is 0.169. The Kier molecular flexibility index (Phi) is 2.34. The second-order valence-corrected chi connectivity index (χ2v) is 4.50. The number of aromatic amines is 1. The van der Waals surface area contributed by atoms with Crippen LogP contribution in [-0.4, -0.2) is 24.6 Å². The van der Waals surface area contributed by atoms with Crippen LogP contribution < -0.4 is 5.69 Å². The van der Waals surface area contributed by atoms with Gasteiger partial charge in [0, 0.05) is 11.6 Å². The lowest BCUT2D eigenvalue weighted by molar-refractivity contribution is 0.630. The Balaban J connectivity index is 2.11. The number of nitrogens with one attached hydrogen (secondary N) is 1. The highest BCUT2D eigenvalue weighted by Gasteiger charge is 2.14. The normalized spacial score (nSPS) is 11.3. The maximum absolute atomic E-state index is 13.8. The SMILES string of the molecule is O=c1[nH]c2cnccc2c2nc(-c3ccccc3F)nn12. The topological polar surface area (TPSA) is 75.9 Å². The Hall–Kier alpha value is -3.09. The largest absolute Gasteiger partial charge is 0.348 e. The third kappa shape index (κ3) is 1.71. The molecule has 3 heterocycles. The zero-order valence-electron chi connectivity index (χ0n) is 10.6. The average molecular weight is 281 g/mol. The van der Waals surface area contributed by atoms with Crippen molar-refractivity contribution in [1.82, 2.24) is 24.6 Å². The summed E-state index contributed by atoms with van der Waals surface area (Å²) in [4.78, 5) is 22.9. The Morgan fingerprint density at radius 3 is 2.90 bits per heavy atom. The van der Waals surface area contributed by atoms with Crippen LogP contribution in [0.2, 0.25) is 0 Å². The Bertz CT molecular complexity index is 1040. The van der Waals surface area contributed by atoms with Crippen molar-refractivity contribution in [3.05, 3.63) is 59.0 Å². The van der Waals surface area contributed by atoms with Crippen molar-refractivity contribution in [2.75, 3.05) is 0 Å². The standard InChI is InChI=1S/C14H8FN5O/c15-10-4-2-1-3-8(10)12-18-13-9-5-6-16-7-11(9)17-14(21)20(13)19-12/h1-7H,(H,17,21). The number of nitrogens with zero attached hydrogens (tertiary/aromatic N) is 4. The van der Waals surface area contributed by atoms with Gasteiger partial charge in [-0.3, -0.25) is 4.98 Å². The van der Waals surface area contributed by atoms with Crippen molar-refractivity contribution in [2.45, 2.75) is 0 Å². The molecule has 4 rings (SSSR count). The maximum atomic E-state index is 13.8. The number of hydrogen-bond acceptors (Lipinski definition) is 4. The van der Waals surface area contributed by atoms with E-state index in [1.54, 1.807) is 30.5 Å². The molecule has 3 aromatic heterocycles. The first-order valence-corrected chi connectivity index (χ1v) is 6.22. The van der Waals surface area contributed by atoms with Crippen LogP contribution in [-0.2, 0) is 0 Å². The molecule has 0 atom stereocenters. The smallest absolute Gasteiger partial charge is 0.304 e. The van der Waals surface area contributed by atoms with Crippen molar-refractivity contribution in [3.8, 4) is 11.4 Å². The number of H-pyrrole nitrogens is 1. The molecule has 0 aliphatic rings. The van der Waals surface area contributed by atoms with Crippen LogP contribution in [0.15, 0.2) is 47.5 Å². The van der Waals surface area contributed by atoms with Gasteiger partial charge in [0.05, 0.1) is 17.3 Å². The molecule has 4 aromatic rings. The zero-order valence-corrected chi connectivity index (χ0v) is 10.6. The van der Waals surface area contributed by atoms with Gasteiger partial charge in [-0.1, -0.05) is 12.1 Å². The van der Waals surface area contributed by atoms with Gasteiger partial charge < -0.3 is 4.98 Å². The second-order valence-electron chi connectivity index (χ2n) is 4.50. The summed E-state index contributed by atoms with van der Waals surface area (Å²) in [7, 11) is 0. The minimum atomic E-state index is -0.444. The van der Waals surface area contributed by atoms with E-state index in [4.69, 9.17) is 0 Å². The molecule has 0 amide bonds. The summed E-state index contributed by atoms with van der Waals surface area (Å²) in [5.74, 6) is -0.265. The van der Waals surface area contributed by atoms with Gasteiger partial charge in [0.15, 0.2) is 11.5 Å². The van der Waals surface area contributed by atoms with Crippen LogP contribution in [0.4, 0.5) is 4.39 Å². The van der Waals surface area contributed by atoms with Gasteiger partial charge in [-0.15, -0.1) is 5.10 Å². The summed E-state index contributed by atoms with van der Waals surface area (Å²) >= 11 is 0. The number of rotatable bonds is 1. The molecular formula is C14H8FN5O. The van der Waals surface area contributed by atoms with Crippen molar-refractivity contribution < 1.29 is 4.39 Å². The van der Waals surface area contributed by atoms with Crippen LogP contribution in [0.1, 0.15) is 0 Å². The van der Waals surface area contributed by atoms with Crippen molar-refractivity contribution >= 4 is 16.6 Å². The van der Waals surface area contributed by atoms with Gasteiger partial charge in [0.25, 0.3) is 0 Å². The fourth-order valence-corrected chi connectivity index (χ4v) is 2.24. The number of hydrogen-bond donors (Lipinski definition) is 1. The molecule has 1 aromatic carbocycles. The molecular weight excluding hydrogens is 273 g/mol. The van der Waals surface area contributed by atoms with Crippen LogP contribution in [0, 0.1) is 5.82 Å².